The Labute approximate surface area is 104 Å². The third-order valence-corrected chi connectivity index (χ3v) is 2.67. The third kappa shape index (κ3) is 4.82. The molecule has 0 bridgehead atoms. The van der Waals surface area contributed by atoms with Crippen molar-refractivity contribution in [2.45, 2.75) is 26.4 Å². The van der Waals surface area contributed by atoms with Crippen LogP contribution in [0.2, 0.25) is 0 Å². The molecule has 1 N–H and O–H groups in total. The first-order valence-electron chi connectivity index (χ1n) is 5.02. The number of hydrogen-bond donors (Lipinski definition) is 1. The molecule has 0 unspecified atom stereocenters. The summed E-state index contributed by atoms with van der Waals surface area (Å²) in [5.41, 5.74) is -0.525. The summed E-state index contributed by atoms with van der Waals surface area (Å²) >= 11 is 1.11. The molecule has 1 heterocycles. The molecule has 0 saturated heterocycles. The zero-order valence-electron chi connectivity index (χ0n) is 9.89. The lowest BCUT2D eigenvalue weighted by atomic mass is 10.2. The van der Waals surface area contributed by atoms with Gasteiger partial charge in [0.25, 0.3) is 0 Å². The molecule has 0 aromatic carbocycles. The smallest absolute Gasteiger partial charge is 0.345 e. The molecular weight excluding hydrogens is 240 g/mol. The van der Waals surface area contributed by atoms with Gasteiger partial charge in [-0.3, -0.25) is 0 Å². The van der Waals surface area contributed by atoms with Crippen LogP contribution in [0.25, 0.3) is 6.08 Å². The zero-order valence-corrected chi connectivity index (χ0v) is 10.7. The molecule has 0 saturated carbocycles. The number of thiophene rings is 1. The zero-order chi connectivity index (χ0) is 13.1. The predicted molar refractivity (Wildman–Crippen MR) is 66.2 cm³/mol. The number of ether oxygens (including phenoxy) is 1. The molecule has 4 nitrogen and oxygen atoms in total. The van der Waals surface area contributed by atoms with Gasteiger partial charge >= 0.3 is 11.9 Å². The van der Waals surface area contributed by atoms with E-state index in [4.69, 9.17) is 9.84 Å². The van der Waals surface area contributed by atoms with E-state index in [0.29, 0.717) is 4.88 Å². The topological polar surface area (TPSA) is 63.6 Å². The molecule has 0 amide bonds. The highest BCUT2D eigenvalue weighted by atomic mass is 32.1. The Balaban J connectivity index is 2.64. The van der Waals surface area contributed by atoms with Crippen molar-refractivity contribution < 1.29 is 19.4 Å². The molecule has 0 aliphatic carbocycles. The molecule has 0 aliphatic heterocycles. The maximum atomic E-state index is 11.4. The third-order valence-electron chi connectivity index (χ3n) is 1.63. The van der Waals surface area contributed by atoms with E-state index in [1.165, 1.54) is 12.1 Å². The van der Waals surface area contributed by atoms with Gasteiger partial charge in [0.15, 0.2) is 0 Å². The largest absolute Gasteiger partial charge is 0.477 e. The van der Waals surface area contributed by atoms with Crippen molar-refractivity contribution in [2.24, 2.45) is 0 Å². The summed E-state index contributed by atoms with van der Waals surface area (Å²) in [6.07, 6.45) is 2.84. The van der Waals surface area contributed by atoms with Gasteiger partial charge in [-0.1, -0.05) is 0 Å². The molecule has 0 aliphatic rings. The second-order valence-corrected chi connectivity index (χ2v) is 5.49. The van der Waals surface area contributed by atoms with Gasteiger partial charge < -0.3 is 9.84 Å². The average Bonchev–Trinajstić information content (AvgIpc) is 2.60. The fourth-order valence-corrected chi connectivity index (χ4v) is 1.79. The number of carbonyl (C=O) groups is 2. The van der Waals surface area contributed by atoms with Crippen LogP contribution in [0, 0.1) is 0 Å². The van der Waals surface area contributed by atoms with Gasteiger partial charge in [0, 0.05) is 11.0 Å². The van der Waals surface area contributed by atoms with Crippen LogP contribution in [0.5, 0.6) is 0 Å². The molecule has 1 aromatic rings. The second-order valence-electron chi connectivity index (χ2n) is 4.37. The standard InChI is InChI=1S/C12H14O4S/c1-12(2,3)16-10(13)7-5-8-4-6-9(17-8)11(14)15/h4-7H,1-3H3,(H,14,15). The van der Waals surface area contributed by atoms with Crippen LogP contribution in [0.4, 0.5) is 0 Å². The summed E-state index contributed by atoms with van der Waals surface area (Å²) in [6.45, 7) is 5.35. The first-order chi connectivity index (χ1) is 7.78. The lowest BCUT2D eigenvalue weighted by Crippen LogP contribution is -2.22. The number of carboxylic acid groups (broad SMARTS) is 1. The maximum absolute atomic E-state index is 11.4. The average molecular weight is 254 g/mol. The summed E-state index contributed by atoms with van der Waals surface area (Å²) in [5, 5.41) is 8.72. The molecule has 0 spiro atoms. The van der Waals surface area contributed by atoms with Crippen molar-refractivity contribution in [3.8, 4) is 0 Å². The first-order valence-corrected chi connectivity index (χ1v) is 5.84. The summed E-state index contributed by atoms with van der Waals surface area (Å²) in [7, 11) is 0. The van der Waals surface area contributed by atoms with Crippen LogP contribution >= 0.6 is 11.3 Å². The van der Waals surface area contributed by atoms with Crippen LogP contribution in [-0.4, -0.2) is 22.6 Å². The Morgan fingerprint density at radius 3 is 2.47 bits per heavy atom. The van der Waals surface area contributed by atoms with E-state index in [2.05, 4.69) is 0 Å². The quantitative estimate of drug-likeness (QED) is 0.665. The minimum Gasteiger partial charge on any atom is -0.477 e. The van der Waals surface area contributed by atoms with Gasteiger partial charge in [-0.25, -0.2) is 9.59 Å². The normalized spacial score (nSPS) is 11.7. The molecule has 0 atom stereocenters. The van der Waals surface area contributed by atoms with Crippen molar-refractivity contribution in [2.75, 3.05) is 0 Å². The van der Waals surface area contributed by atoms with Gasteiger partial charge in [-0.2, -0.15) is 0 Å². The minimum absolute atomic E-state index is 0.244. The molecule has 0 radical (unpaired) electrons. The predicted octanol–water partition coefficient (Wildman–Crippen LogP) is 2.80. The second kappa shape index (κ2) is 5.14. The number of rotatable bonds is 3. The van der Waals surface area contributed by atoms with E-state index in [0.717, 1.165) is 11.3 Å². The number of esters is 1. The van der Waals surface area contributed by atoms with Crippen molar-refractivity contribution in [3.63, 3.8) is 0 Å². The highest BCUT2D eigenvalue weighted by Crippen LogP contribution is 2.18. The summed E-state index contributed by atoms with van der Waals surface area (Å²) in [5.74, 6) is -1.41. The van der Waals surface area contributed by atoms with Crippen LogP contribution in [-0.2, 0) is 9.53 Å². The van der Waals surface area contributed by atoms with Gasteiger partial charge in [-0.05, 0) is 39.0 Å². The summed E-state index contributed by atoms with van der Waals surface area (Å²) in [6, 6.07) is 3.15. The summed E-state index contributed by atoms with van der Waals surface area (Å²) < 4.78 is 5.08. The van der Waals surface area contributed by atoms with E-state index in [-0.39, 0.29) is 4.88 Å². The Kier molecular flexibility index (Phi) is 4.07. The van der Waals surface area contributed by atoms with E-state index < -0.39 is 17.5 Å². The van der Waals surface area contributed by atoms with Crippen LogP contribution in [0.15, 0.2) is 18.2 Å². The Hall–Kier alpha value is -1.62. The monoisotopic (exact) mass is 254 g/mol. The Morgan fingerprint density at radius 2 is 2.00 bits per heavy atom. The number of carbonyl (C=O) groups excluding carboxylic acids is 1. The van der Waals surface area contributed by atoms with E-state index >= 15 is 0 Å². The van der Waals surface area contributed by atoms with Crippen LogP contribution in [0.3, 0.4) is 0 Å². The molecular formula is C12H14O4S. The van der Waals surface area contributed by atoms with Gasteiger partial charge in [-0.15, -0.1) is 11.3 Å². The Bertz CT molecular complexity index is 451. The number of hydrogen-bond acceptors (Lipinski definition) is 4. The lowest BCUT2D eigenvalue weighted by Gasteiger charge is -2.17. The molecule has 1 rings (SSSR count). The van der Waals surface area contributed by atoms with E-state index in [1.54, 1.807) is 32.9 Å². The highest BCUT2D eigenvalue weighted by molar-refractivity contribution is 7.14. The molecule has 5 heteroatoms. The SMILES string of the molecule is CC(C)(C)OC(=O)C=Cc1ccc(C(=O)O)s1. The van der Waals surface area contributed by atoms with E-state index in [9.17, 15) is 9.59 Å². The maximum Gasteiger partial charge on any atom is 0.345 e. The highest BCUT2D eigenvalue weighted by Gasteiger charge is 2.14. The van der Waals surface area contributed by atoms with Crippen molar-refractivity contribution in [1.29, 1.82) is 0 Å². The Morgan fingerprint density at radius 1 is 1.35 bits per heavy atom. The molecule has 92 valence electrons. The van der Waals surface area contributed by atoms with Crippen molar-refractivity contribution in [3.05, 3.63) is 28.0 Å². The van der Waals surface area contributed by atoms with Gasteiger partial charge in [0.1, 0.15) is 10.5 Å². The number of aromatic carboxylic acids is 1. The van der Waals surface area contributed by atoms with Gasteiger partial charge in [0.2, 0.25) is 0 Å². The lowest BCUT2D eigenvalue weighted by molar-refractivity contribution is -0.148. The van der Waals surface area contributed by atoms with Crippen LogP contribution < -0.4 is 0 Å². The van der Waals surface area contributed by atoms with E-state index in [1.807, 2.05) is 0 Å². The van der Waals surface area contributed by atoms with Crippen LogP contribution in [0.1, 0.15) is 35.3 Å². The fourth-order valence-electron chi connectivity index (χ4n) is 1.04. The van der Waals surface area contributed by atoms with Crippen molar-refractivity contribution >= 4 is 29.4 Å². The van der Waals surface area contributed by atoms with Crippen molar-refractivity contribution in [1.82, 2.24) is 0 Å². The summed E-state index contributed by atoms with van der Waals surface area (Å²) in [4.78, 5) is 22.9. The fraction of sp³-hybridized carbons (Fsp3) is 0.333. The van der Waals surface area contributed by atoms with Gasteiger partial charge in [0.05, 0.1) is 0 Å². The molecule has 17 heavy (non-hydrogen) atoms. The molecule has 0 fully saturated rings. The molecule has 1 aromatic heterocycles. The first kappa shape index (κ1) is 13.4. The minimum atomic E-state index is -0.966. The number of carboxylic acids is 1.